The molecule has 0 aliphatic heterocycles. The van der Waals surface area contributed by atoms with Crippen LogP contribution in [0.3, 0.4) is 0 Å². The molecule has 0 unspecified atom stereocenters. The number of carbonyl (C=O) groups is 1. The molecule has 0 aliphatic carbocycles. The second-order valence-electron chi connectivity index (χ2n) is 5.55. The Labute approximate surface area is 147 Å². The Hall–Kier alpha value is -3.35. The first-order valence-electron chi connectivity index (χ1n) is 7.91. The van der Waals surface area contributed by atoms with Crippen molar-refractivity contribution in [3.8, 4) is 11.3 Å². The van der Waals surface area contributed by atoms with E-state index in [0.717, 1.165) is 6.07 Å². The number of hydrogen-bond donors (Lipinski definition) is 1. The number of aromatic nitrogens is 2. The minimum Gasteiger partial charge on any atom is -0.350 e. The van der Waals surface area contributed by atoms with E-state index in [1.54, 1.807) is 18.2 Å². The van der Waals surface area contributed by atoms with Gasteiger partial charge in [0.2, 0.25) is 0 Å². The summed E-state index contributed by atoms with van der Waals surface area (Å²) in [6.07, 6.45) is 0. The molecular weight excluding hydrogens is 340 g/mol. The second-order valence-corrected chi connectivity index (χ2v) is 5.55. The van der Waals surface area contributed by atoms with Crippen molar-refractivity contribution >= 4 is 5.91 Å². The molecule has 1 N–H and O–H groups in total. The quantitative estimate of drug-likeness (QED) is 0.765. The Morgan fingerprint density at radius 2 is 1.77 bits per heavy atom. The minimum atomic E-state index is -0.498. The summed E-state index contributed by atoms with van der Waals surface area (Å²) in [6.45, 7) is 0.296. The van der Waals surface area contributed by atoms with Crippen LogP contribution in [0.5, 0.6) is 0 Å². The van der Waals surface area contributed by atoms with Crippen LogP contribution < -0.4 is 10.9 Å². The topological polar surface area (TPSA) is 64.0 Å². The Morgan fingerprint density at radius 3 is 2.50 bits per heavy atom. The smallest absolute Gasteiger partial charge is 0.266 e. The number of rotatable bonds is 5. The Bertz CT molecular complexity index is 985. The van der Waals surface area contributed by atoms with Crippen molar-refractivity contribution in [1.82, 2.24) is 15.1 Å². The molecule has 3 aromatic rings. The Balaban J connectivity index is 1.68. The summed E-state index contributed by atoms with van der Waals surface area (Å²) < 4.78 is 27.4. The molecule has 1 heterocycles. The summed E-state index contributed by atoms with van der Waals surface area (Å²) in [5, 5.41) is 6.84. The summed E-state index contributed by atoms with van der Waals surface area (Å²) in [4.78, 5) is 23.9. The van der Waals surface area contributed by atoms with Gasteiger partial charge in [0.15, 0.2) is 0 Å². The fourth-order valence-corrected chi connectivity index (χ4v) is 2.39. The predicted octanol–water partition coefficient (Wildman–Crippen LogP) is 2.62. The number of amides is 1. The Morgan fingerprint density at radius 1 is 1.00 bits per heavy atom. The predicted molar refractivity (Wildman–Crippen MR) is 92.6 cm³/mol. The summed E-state index contributed by atoms with van der Waals surface area (Å²) in [5.41, 5.74) is 1.06. The van der Waals surface area contributed by atoms with E-state index >= 15 is 0 Å². The third-order valence-electron chi connectivity index (χ3n) is 3.70. The van der Waals surface area contributed by atoms with Gasteiger partial charge in [0.05, 0.1) is 12.2 Å². The monoisotopic (exact) mass is 355 g/mol. The molecule has 2 aromatic carbocycles. The standard InChI is InChI=1S/C19H15F2N3O2/c20-15-6-4-13(5-7-15)17-8-9-18(25)24(23-17)11-10-22-19(26)14-2-1-3-16(21)12-14/h1-9,12H,10-11H2,(H,22,26). The lowest BCUT2D eigenvalue weighted by Crippen LogP contribution is -2.32. The molecule has 5 nitrogen and oxygen atoms in total. The van der Waals surface area contributed by atoms with Gasteiger partial charge < -0.3 is 5.32 Å². The molecule has 132 valence electrons. The van der Waals surface area contributed by atoms with Gasteiger partial charge in [-0.25, -0.2) is 13.5 Å². The van der Waals surface area contributed by atoms with E-state index in [1.807, 2.05) is 0 Å². The average molecular weight is 355 g/mol. The Kier molecular flexibility index (Phi) is 5.17. The van der Waals surface area contributed by atoms with Crippen molar-refractivity contribution in [3.05, 3.63) is 88.2 Å². The lowest BCUT2D eigenvalue weighted by molar-refractivity contribution is 0.0951. The number of nitrogens with one attached hydrogen (secondary N) is 1. The highest BCUT2D eigenvalue weighted by atomic mass is 19.1. The fourth-order valence-electron chi connectivity index (χ4n) is 2.39. The van der Waals surface area contributed by atoms with Gasteiger partial charge in [-0.15, -0.1) is 0 Å². The maximum atomic E-state index is 13.1. The van der Waals surface area contributed by atoms with E-state index in [1.165, 1.54) is 41.1 Å². The molecule has 26 heavy (non-hydrogen) atoms. The zero-order valence-corrected chi connectivity index (χ0v) is 13.7. The largest absolute Gasteiger partial charge is 0.350 e. The van der Waals surface area contributed by atoms with Crippen molar-refractivity contribution in [2.75, 3.05) is 6.54 Å². The van der Waals surface area contributed by atoms with Gasteiger partial charge >= 0.3 is 0 Å². The SMILES string of the molecule is O=C(NCCn1nc(-c2ccc(F)cc2)ccc1=O)c1cccc(F)c1. The van der Waals surface area contributed by atoms with E-state index in [2.05, 4.69) is 10.4 Å². The molecule has 0 saturated heterocycles. The average Bonchev–Trinajstić information content (AvgIpc) is 2.64. The number of carbonyl (C=O) groups excluding carboxylic acids is 1. The first kappa shape index (κ1) is 17.5. The van der Waals surface area contributed by atoms with Gasteiger partial charge in [0.1, 0.15) is 11.6 Å². The summed E-state index contributed by atoms with van der Waals surface area (Å²) in [5.74, 6) is -1.29. The van der Waals surface area contributed by atoms with Crippen LogP contribution >= 0.6 is 0 Å². The molecule has 0 atom stereocenters. The van der Waals surface area contributed by atoms with E-state index in [0.29, 0.717) is 11.3 Å². The third kappa shape index (κ3) is 4.18. The summed E-state index contributed by atoms with van der Waals surface area (Å²) in [6, 6.07) is 14.0. The van der Waals surface area contributed by atoms with E-state index in [4.69, 9.17) is 0 Å². The molecule has 0 saturated carbocycles. The lowest BCUT2D eigenvalue weighted by Gasteiger charge is -2.09. The number of halogens is 2. The highest BCUT2D eigenvalue weighted by Gasteiger charge is 2.07. The van der Waals surface area contributed by atoms with Crippen LogP contribution in [0.1, 0.15) is 10.4 Å². The molecular formula is C19H15F2N3O2. The zero-order chi connectivity index (χ0) is 18.5. The number of benzene rings is 2. The van der Waals surface area contributed by atoms with Gasteiger partial charge in [-0.3, -0.25) is 9.59 Å². The normalized spacial score (nSPS) is 10.5. The molecule has 1 aromatic heterocycles. The first-order chi connectivity index (χ1) is 12.5. The first-order valence-corrected chi connectivity index (χ1v) is 7.91. The van der Waals surface area contributed by atoms with Gasteiger partial charge in [-0.05, 0) is 48.5 Å². The summed E-state index contributed by atoms with van der Waals surface area (Å²) >= 11 is 0. The van der Waals surface area contributed by atoms with Gasteiger partial charge in [-0.2, -0.15) is 5.10 Å². The highest BCUT2D eigenvalue weighted by molar-refractivity contribution is 5.94. The zero-order valence-electron chi connectivity index (χ0n) is 13.7. The van der Waals surface area contributed by atoms with Crippen molar-refractivity contribution in [3.63, 3.8) is 0 Å². The maximum Gasteiger partial charge on any atom is 0.266 e. The fraction of sp³-hybridized carbons (Fsp3) is 0.105. The second kappa shape index (κ2) is 7.69. The van der Waals surface area contributed by atoms with E-state index in [-0.39, 0.29) is 30.0 Å². The molecule has 3 rings (SSSR count). The van der Waals surface area contributed by atoms with Crippen LogP contribution in [-0.2, 0) is 6.54 Å². The molecule has 0 aliphatic rings. The maximum absolute atomic E-state index is 13.1. The van der Waals surface area contributed by atoms with Gasteiger partial charge in [-0.1, -0.05) is 6.07 Å². The third-order valence-corrected chi connectivity index (χ3v) is 3.70. The molecule has 0 fully saturated rings. The van der Waals surface area contributed by atoms with Crippen molar-refractivity contribution in [2.24, 2.45) is 0 Å². The van der Waals surface area contributed by atoms with Crippen LogP contribution in [0.25, 0.3) is 11.3 Å². The van der Waals surface area contributed by atoms with Crippen LogP contribution in [-0.4, -0.2) is 22.2 Å². The summed E-state index contributed by atoms with van der Waals surface area (Å²) in [7, 11) is 0. The van der Waals surface area contributed by atoms with Gasteiger partial charge in [0, 0.05) is 23.7 Å². The number of nitrogens with zero attached hydrogens (tertiary/aromatic N) is 2. The van der Waals surface area contributed by atoms with Crippen LogP contribution in [0, 0.1) is 11.6 Å². The minimum absolute atomic E-state index is 0.148. The van der Waals surface area contributed by atoms with Crippen molar-refractivity contribution in [1.29, 1.82) is 0 Å². The lowest BCUT2D eigenvalue weighted by atomic mass is 10.1. The number of hydrogen-bond acceptors (Lipinski definition) is 3. The van der Waals surface area contributed by atoms with Crippen molar-refractivity contribution in [2.45, 2.75) is 6.54 Å². The molecule has 0 spiro atoms. The van der Waals surface area contributed by atoms with E-state index < -0.39 is 11.7 Å². The molecule has 0 radical (unpaired) electrons. The van der Waals surface area contributed by atoms with Crippen LogP contribution in [0.15, 0.2) is 65.5 Å². The molecule has 0 bridgehead atoms. The van der Waals surface area contributed by atoms with E-state index in [9.17, 15) is 18.4 Å². The highest BCUT2D eigenvalue weighted by Crippen LogP contribution is 2.15. The molecule has 1 amide bonds. The molecule has 7 heteroatoms. The van der Waals surface area contributed by atoms with Crippen LogP contribution in [0.4, 0.5) is 8.78 Å². The van der Waals surface area contributed by atoms with Gasteiger partial charge in [0.25, 0.3) is 11.5 Å². The van der Waals surface area contributed by atoms with Crippen molar-refractivity contribution < 1.29 is 13.6 Å². The van der Waals surface area contributed by atoms with Crippen LogP contribution in [0.2, 0.25) is 0 Å².